The standard InChI is InChI=1S/C16H12FN3/c1-10-3-4-19-16(5-10)20-9-12(8-18)13-7-14(17)11(2)6-15(13)20/h3-7,9H,1-2H3. The molecule has 4 heteroatoms. The summed E-state index contributed by atoms with van der Waals surface area (Å²) in [6, 6.07) is 9.10. The largest absolute Gasteiger partial charge is 0.300 e. The minimum atomic E-state index is -0.302. The number of hydrogen-bond donors (Lipinski definition) is 0. The topological polar surface area (TPSA) is 41.6 Å². The molecular formula is C16H12FN3. The molecule has 2 aromatic heterocycles. The van der Waals surface area contributed by atoms with Crippen LogP contribution in [0.15, 0.2) is 36.7 Å². The van der Waals surface area contributed by atoms with Gasteiger partial charge in [0.05, 0.1) is 11.1 Å². The zero-order valence-corrected chi connectivity index (χ0v) is 11.2. The van der Waals surface area contributed by atoms with E-state index in [2.05, 4.69) is 11.1 Å². The summed E-state index contributed by atoms with van der Waals surface area (Å²) in [5, 5.41) is 9.81. The molecule has 0 fully saturated rings. The van der Waals surface area contributed by atoms with Crippen LogP contribution in [0.3, 0.4) is 0 Å². The first-order valence-electron chi connectivity index (χ1n) is 6.24. The van der Waals surface area contributed by atoms with Gasteiger partial charge in [0.1, 0.15) is 17.7 Å². The summed E-state index contributed by atoms with van der Waals surface area (Å²) in [5.74, 6) is 0.423. The highest BCUT2D eigenvalue weighted by Crippen LogP contribution is 2.26. The van der Waals surface area contributed by atoms with E-state index in [0.717, 1.165) is 16.9 Å². The fourth-order valence-corrected chi connectivity index (χ4v) is 2.28. The van der Waals surface area contributed by atoms with Crippen molar-refractivity contribution in [2.75, 3.05) is 0 Å². The van der Waals surface area contributed by atoms with Crippen LogP contribution in [0.25, 0.3) is 16.7 Å². The Morgan fingerprint density at radius 2 is 2.05 bits per heavy atom. The molecule has 3 rings (SSSR count). The van der Waals surface area contributed by atoms with E-state index in [0.29, 0.717) is 16.5 Å². The van der Waals surface area contributed by atoms with E-state index in [-0.39, 0.29) is 5.82 Å². The minimum absolute atomic E-state index is 0.302. The smallest absolute Gasteiger partial charge is 0.137 e. The van der Waals surface area contributed by atoms with E-state index in [9.17, 15) is 9.65 Å². The highest BCUT2D eigenvalue weighted by atomic mass is 19.1. The summed E-state index contributed by atoms with van der Waals surface area (Å²) in [6.07, 6.45) is 3.42. The van der Waals surface area contributed by atoms with Gasteiger partial charge in [-0.2, -0.15) is 5.26 Å². The van der Waals surface area contributed by atoms with Gasteiger partial charge in [-0.1, -0.05) is 0 Å². The molecule has 0 bridgehead atoms. The first-order chi connectivity index (χ1) is 9.60. The number of nitriles is 1. The third-order valence-electron chi connectivity index (χ3n) is 3.35. The molecule has 0 aliphatic heterocycles. The third kappa shape index (κ3) is 1.84. The molecule has 0 saturated carbocycles. The van der Waals surface area contributed by atoms with Gasteiger partial charge in [-0.25, -0.2) is 9.37 Å². The number of hydrogen-bond acceptors (Lipinski definition) is 2. The summed E-state index contributed by atoms with van der Waals surface area (Å²) in [6.45, 7) is 3.69. The highest BCUT2D eigenvalue weighted by Gasteiger charge is 2.13. The molecule has 3 nitrogen and oxygen atoms in total. The highest BCUT2D eigenvalue weighted by molar-refractivity contribution is 5.88. The molecule has 0 unspecified atom stereocenters. The first-order valence-corrected chi connectivity index (χ1v) is 6.24. The number of halogens is 1. The quantitative estimate of drug-likeness (QED) is 0.674. The number of rotatable bonds is 1. The molecule has 0 spiro atoms. The van der Waals surface area contributed by atoms with E-state index >= 15 is 0 Å². The van der Waals surface area contributed by atoms with E-state index in [4.69, 9.17) is 0 Å². The number of benzene rings is 1. The van der Waals surface area contributed by atoms with Gasteiger partial charge in [-0.05, 0) is 49.2 Å². The van der Waals surface area contributed by atoms with Crippen LogP contribution in [-0.2, 0) is 0 Å². The van der Waals surface area contributed by atoms with Crippen molar-refractivity contribution in [3.8, 4) is 11.9 Å². The molecule has 98 valence electrons. The van der Waals surface area contributed by atoms with Crippen molar-refractivity contribution in [2.45, 2.75) is 13.8 Å². The Bertz CT molecular complexity index is 856. The molecule has 20 heavy (non-hydrogen) atoms. The summed E-state index contributed by atoms with van der Waals surface area (Å²) in [5.41, 5.74) is 2.86. The number of fused-ring (bicyclic) bond motifs is 1. The van der Waals surface area contributed by atoms with Crippen LogP contribution < -0.4 is 0 Å². The molecule has 0 aliphatic rings. The Balaban J connectivity index is 2.37. The SMILES string of the molecule is Cc1ccnc(-n2cc(C#N)c3cc(F)c(C)cc32)c1. The molecule has 0 amide bonds. The summed E-state index contributed by atoms with van der Waals surface area (Å²) >= 11 is 0. The minimum Gasteiger partial charge on any atom is -0.300 e. The van der Waals surface area contributed by atoms with Crippen LogP contribution in [0.2, 0.25) is 0 Å². The molecule has 0 N–H and O–H groups in total. The Morgan fingerprint density at radius 3 is 2.75 bits per heavy atom. The lowest BCUT2D eigenvalue weighted by Crippen LogP contribution is -1.96. The summed E-state index contributed by atoms with van der Waals surface area (Å²) in [4.78, 5) is 4.32. The van der Waals surface area contributed by atoms with Gasteiger partial charge in [0.2, 0.25) is 0 Å². The van der Waals surface area contributed by atoms with Crippen LogP contribution in [0, 0.1) is 31.0 Å². The molecule has 0 radical (unpaired) electrons. The maximum absolute atomic E-state index is 13.7. The molecule has 0 atom stereocenters. The Labute approximate surface area is 115 Å². The predicted octanol–water partition coefficient (Wildman–Crippen LogP) is 3.65. The second-order valence-electron chi connectivity index (χ2n) is 4.83. The van der Waals surface area contributed by atoms with Crippen LogP contribution in [0.4, 0.5) is 4.39 Å². The van der Waals surface area contributed by atoms with Crippen LogP contribution in [-0.4, -0.2) is 9.55 Å². The monoisotopic (exact) mass is 265 g/mol. The average molecular weight is 265 g/mol. The average Bonchev–Trinajstić information content (AvgIpc) is 2.77. The normalized spacial score (nSPS) is 10.7. The van der Waals surface area contributed by atoms with Crippen molar-refractivity contribution in [1.82, 2.24) is 9.55 Å². The number of aromatic nitrogens is 2. The van der Waals surface area contributed by atoms with Crippen LogP contribution >= 0.6 is 0 Å². The zero-order valence-electron chi connectivity index (χ0n) is 11.2. The molecule has 1 aromatic carbocycles. The van der Waals surface area contributed by atoms with E-state index in [1.807, 2.05) is 23.6 Å². The van der Waals surface area contributed by atoms with Gasteiger partial charge >= 0.3 is 0 Å². The lowest BCUT2D eigenvalue weighted by molar-refractivity contribution is 0.620. The first kappa shape index (κ1) is 12.4. The number of aryl methyl sites for hydroxylation is 2. The van der Waals surface area contributed by atoms with Crippen molar-refractivity contribution in [3.63, 3.8) is 0 Å². The lowest BCUT2D eigenvalue weighted by Gasteiger charge is -2.06. The maximum atomic E-state index is 13.7. The van der Waals surface area contributed by atoms with E-state index in [1.165, 1.54) is 6.07 Å². The predicted molar refractivity (Wildman–Crippen MR) is 75.2 cm³/mol. The van der Waals surface area contributed by atoms with Crippen LogP contribution in [0.1, 0.15) is 16.7 Å². The van der Waals surface area contributed by atoms with E-state index < -0.39 is 0 Å². The fourth-order valence-electron chi connectivity index (χ4n) is 2.28. The van der Waals surface area contributed by atoms with Crippen molar-refractivity contribution in [2.24, 2.45) is 0 Å². The second-order valence-corrected chi connectivity index (χ2v) is 4.83. The molecule has 3 aromatic rings. The second kappa shape index (κ2) is 4.46. The fraction of sp³-hybridized carbons (Fsp3) is 0.125. The van der Waals surface area contributed by atoms with Gasteiger partial charge in [0, 0.05) is 17.8 Å². The third-order valence-corrected chi connectivity index (χ3v) is 3.35. The van der Waals surface area contributed by atoms with Gasteiger partial charge in [-0.15, -0.1) is 0 Å². The lowest BCUT2D eigenvalue weighted by atomic mass is 10.1. The van der Waals surface area contributed by atoms with Crippen molar-refractivity contribution in [1.29, 1.82) is 5.26 Å². The van der Waals surface area contributed by atoms with Crippen LogP contribution in [0.5, 0.6) is 0 Å². The van der Waals surface area contributed by atoms with Gasteiger partial charge < -0.3 is 0 Å². The molecule has 0 aliphatic carbocycles. The summed E-state index contributed by atoms with van der Waals surface area (Å²) in [7, 11) is 0. The summed E-state index contributed by atoms with van der Waals surface area (Å²) < 4.78 is 15.5. The molecule has 2 heterocycles. The number of pyridine rings is 1. The van der Waals surface area contributed by atoms with Crippen molar-refractivity contribution >= 4 is 10.9 Å². The Kier molecular flexibility index (Phi) is 2.76. The van der Waals surface area contributed by atoms with Gasteiger partial charge in [0.25, 0.3) is 0 Å². The van der Waals surface area contributed by atoms with Gasteiger partial charge in [0.15, 0.2) is 0 Å². The Hall–Kier alpha value is -2.67. The van der Waals surface area contributed by atoms with Gasteiger partial charge in [-0.3, -0.25) is 4.57 Å². The molecule has 0 saturated heterocycles. The van der Waals surface area contributed by atoms with E-state index in [1.54, 1.807) is 25.4 Å². The maximum Gasteiger partial charge on any atom is 0.137 e. The number of nitrogens with zero attached hydrogens (tertiary/aromatic N) is 3. The Morgan fingerprint density at radius 1 is 1.25 bits per heavy atom. The molecular weight excluding hydrogens is 253 g/mol. The zero-order chi connectivity index (χ0) is 14.3. The van der Waals surface area contributed by atoms with Crippen molar-refractivity contribution < 1.29 is 4.39 Å². The van der Waals surface area contributed by atoms with Crippen molar-refractivity contribution in [3.05, 3.63) is 59.2 Å².